The maximum absolute atomic E-state index is 10.8. The summed E-state index contributed by atoms with van der Waals surface area (Å²) < 4.78 is 0. The first-order valence-corrected chi connectivity index (χ1v) is 8.69. The maximum atomic E-state index is 10.8. The van der Waals surface area contributed by atoms with Crippen LogP contribution in [0.3, 0.4) is 0 Å². The number of aromatic nitrogens is 2. The Morgan fingerprint density at radius 1 is 1.23 bits per heavy atom. The van der Waals surface area contributed by atoms with Crippen LogP contribution in [0.5, 0.6) is 0 Å². The third kappa shape index (κ3) is 5.70. The van der Waals surface area contributed by atoms with Crippen molar-refractivity contribution < 1.29 is 15.0 Å². The summed E-state index contributed by atoms with van der Waals surface area (Å²) in [5, 5.41) is 21.2. The van der Waals surface area contributed by atoms with Gasteiger partial charge in [0, 0.05) is 30.3 Å². The Morgan fingerprint density at radius 3 is 2.50 bits per heavy atom. The Morgan fingerprint density at radius 2 is 1.88 bits per heavy atom. The lowest BCUT2D eigenvalue weighted by Crippen LogP contribution is -2.19. The van der Waals surface area contributed by atoms with Crippen molar-refractivity contribution in [3.63, 3.8) is 0 Å². The molecule has 7 nitrogen and oxygen atoms in total. The molecule has 0 aliphatic heterocycles. The number of aliphatic hydroxyl groups excluding tert-OH is 1. The molecular weight excluding hydrogens is 332 g/mol. The van der Waals surface area contributed by atoms with Gasteiger partial charge in [-0.05, 0) is 37.8 Å². The molecule has 0 saturated heterocycles. The van der Waals surface area contributed by atoms with Crippen LogP contribution in [0.25, 0.3) is 0 Å². The van der Waals surface area contributed by atoms with Crippen LogP contribution in [0.4, 0.5) is 11.8 Å². The van der Waals surface area contributed by atoms with Crippen molar-refractivity contribution in [2.24, 2.45) is 0 Å². The average Bonchev–Trinajstić information content (AvgIpc) is 2.57. The lowest BCUT2D eigenvalue weighted by Gasteiger charge is -2.18. The molecule has 0 spiro atoms. The monoisotopic (exact) mass is 358 g/mol. The second-order valence-electron chi connectivity index (χ2n) is 6.47. The van der Waals surface area contributed by atoms with Crippen LogP contribution in [-0.2, 0) is 17.6 Å². The minimum atomic E-state index is -0.844. The number of carboxylic acids is 1. The molecule has 2 rings (SSSR count). The number of carboxylic acid groups (broad SMARTS) is 1. The number of aliphatic carboxylic acids is 1. The molecule has 0 amide bonds. The molecule has 1 aromatic heterocycles. The van der Waals surface area contributed by atoms with Gasteiger partial charge in [-0.2, -0.15) is 4.98 Å². The van der Waals surface area contributed by atoms with Gasteiger partial charge in [-0.1, -0.05) is 24.3 Å². The van der Waals surface area contributed by atoms with Crippen LogP contribution < -0.4 is 11.1 Å². The number of anilines is 2. The van der Waals surface area contributed by atoms with Gasteiger partial charge in [0.25, 0.3) is 0 Å². The van der Waals surface area contributed by atoms with Gasteiger partial charge in [-0.25, -0.2) is 4.98 Å². The largest absolute Gasteiger partial charge is 0.481 e. The van der Waals surface area contributed by atoms with Gasteiger partial charge in [0.1, 0.15) is 5.82 Å². The Bertz CT molecular complexity index is 747. The zero-order valence-electron chi connectivity index (χ0n) is 15.2. The molecule has 1 unspecified atom stereocenters. The molecule has 2 aromatic rings. The third-order valence-corrected chi connectivity index (χ3v) is 4.17. The Hall–Kier alpha value is -2.67. The minimum absolute atomic E-state index is 0.0134. The molecule has 0 aliphatic carbocycles. The highest BCUT2D eigenvalue weighted by Crippen LogP contribution is 2.23. The number of aliphatic hydroxyl groups is 1. The quantitative estimate of drug-likeness (QED) is 0.542. The number of carbonyl (C=O) groups is 1. The second kappa shape index (κ2) is 9.15. The third-order valence-electron chi connectivity index (χ3n) is 4.17. The van der Waals surface area contributed by atoms with E-state index in [2.05, 4.69) is 15.3 Å². The molecule has 0 bridgehead atoms. The first-order valence-electron chi connectivity index (χ1n) is 8.69. The van der Waals surface area contributed by atoms with Crippen molar-refractivity contribution in [3.05, 3.63) is 46.6 Å². The van der Waals surface area contributed by atoms with Gasteiger partial charge in [0.2, 0.25) is 5.95 Å². The molecule has 0 aliphatic rings. The van der Waals surface area contributed by atoms with Crippen LogP contribution in [0.1, 0.15) is 42.1 Å². The smallest absolute Gasteiger partial charge is 0.307 e. The standard InChI is InChI=1S/C19H26N4O3/c1-12(4-3-9-24)21-18-16(13(2)22-19(20)23-18)10-14-5-7-15(8-6-14)11-17(25)26/h5-8,12,24H,3-4,9-11H2,1-2H3,(H,25,26)(H3,20,21,22,23). The molecule has 1 heterocycles. The summed E-state index contributed by atoms with van der Waals surface area (Å²) >= 11 is 0. The van der Waals surface area contributed by atoms with E-state index in [-0.39, 0.29) is 25.0 Å². The number of aryl methyl sites for hydroxylation is 1. The summed E-state index contributed by atoms with van der Waals surface area (Å²) in [6.07, 6.45) is 2.17. The first-order chi connectivity index (χ1) is 12.4. The summed E-state index contributed by atoms with van der Waals surface area (Å²) in [6, 6.07) is 7.65. The van der Waals surface area contributed by atoms with Crippen molar-refractivity contribution >= 4 is 17.7 Å². The number of benzene rings is 1. The molecule has 0 radical (unpaired) electrons. The Labute approximate surface area is 153 Å². The fraction of sp³-hybridized carbons (Fsp3) is 0.421. The maximum Gasteiger partial charge on any atom is 0.307 e. The summed E-state index contributed by atoms with van der Waals surface area (Å²) in [7, 11) is 0. The van der Waals surface area contributed by atoms with E-state index in [4.69, 9.17) is 15.9 Å². The van der Waals surface area contributed by atoms with Crippen molar-refractivity contribution in [3.8, 4) is 0 Å². The van der Waals surface area contributed by atoms with Gasteiger partial charge in [-0.3, -0.25) is 4.79 Å². The normalized spacial score (nSPS) is 12.0. The summed E-state index contributed by atoms with van der Waals surface area (Å²) in [5.41, 5.74) is 9.38. The number of hydrogen-bond acceptors (Lipinski definition) is 6. The van der Waals surface area contributed by atoms with Crippen LogP contribution >= 0.6 is 0 Å². The Balaban J connectivity index is 2.20. The summed E-state index contributed by atoms with van der Waals surface area (Å²) in [4.78, 5) is 19.4. The molecule has 1 atom stereocenters. The van der Waals surface area contributed by atoms with Gasteiger partial charge >= 0.3 is 5.97 Å². The van der Waals surface area contributed by atoms with E-state index >= 15 is 0 Å². The summed E-state index contributed by atoms with van der Waals surface area (Å²) in [5.74, 6) is 0.0823. The number of nitrogen functional groups attached to an aromatic ring is 1. The van der Waals surface area contributed by atoms with E-state index in [1.165, 1.54) is 0 Å². The summed E-state index contributed by atoms with van der Waals surface area (Å²) in [6.45, 7) is 4.09. The van der Waals surface area contributed by atoms with E-state index in [1.807, 2.05) is 38.1 Å². The predicted octanol–water partition coefficient (Wildman–Crippen LogP) is 2.16. The van der Waals surface area contributed by atoms with E-state index < -0.39 is 5.97 Å². The molecular formula is C19H26N4O3. The highest BCUT2D eigenvalue weighted by molar-refractivity contribution is 5.70. The number of nitrogens with zero attached hydrogens (tertiary/aromatic N) is 2. The highest BCUT2D eigenvalue weighted by Gasteiger charge is 2.14. The van der Waals surface area contributed by atoms with Crippen molar-refractivity contribution in [2.45, 2.75) is 45.6 Å². The van der Waals surface area contributed by atoms with Crippen molar-refractivity contribution in [1.82, 2.24) is 9.97 Å². The van der Waals surface area contributed by atoms with E-state index in [9.17, 15) is 4.79 Å². The van der Waals surface area contributed by atoms with Gasteiger partial charge in [-0.15, -0.1) is 0 Å². The average molecular weight is 358 g/mol. The van der Waals surface area contributed by atoms with Crippen LogP contribution in [0.2, 0.25) is 0 Å². The fourth-order valence-corrected chi connectivity index (χ4v) is 2.81. The molecule has 5 N–H and O–H groups in total. The number of nitrogens with one attached hydrogen (secondary N) is 1. The van der Waals surface area contributed by atoms with E-state index in [0.29, 0.717) is 18.7 Å². The van der Waals surface area contributed by atoms with Gasteiger partial charge < -0.3 is 21.3 Å². The lowest BCUT2D eigenvalue weighted by molar-refractivity contribution is -0.136. The van der Waals surface area contributed by atoms with E-state index in [1.54, 1.807) is 0 Å². The molecule has 140 valence electrons. The van der Waals surface area contributed by atoms with Gasteiger partial charge in [0.05, 0.1) is 6.42 Å². The first kappa shape index (κ1) is 19.7. The fourth-order valence-electron chi connectivity index (χ4n) is 2.81. The molecule has 7 heteroatoms. The molecule has 26 heavy (non-hydrogen) atoms. The zero-order valence-corrected chi connectivity index (χ0v) is 15.2. The van der Waals surface area contributed by atoms with E-state index in [0.717, 1.165) is 28.8 Å². The molecule has 0 saturated carbocycles. The number of nitrogens with two attached hydrogens (primary N) is 1. The van der Waals surface area contributed by atoms with Crippen LogP contribution in [0.15, 0.2) is 24.3 Å². The topological polar surface area (TPSA) is 121 Å². The van der Waals surface area contributed by atoms with Crippen molar-refractivity contribution in [1.29, 1.82) is 0 Å². The zero-order chi connectivity index (χ0) is 19.1. The number of hydrogen-bond donors (Lipinski definition) is 4. The minimum Gasteiger partial charge on any atom is -0.481 e. The SMILES string of the molecule is Cc1nc(N)nc(NC(C)CCCO)c1Cc1ccc(CC(=O)O)cc1. The molecule has 0 fully saturated rings. The Kier molecular flexibility index (Phi) is 6.91. The van der Waals surface area contributed by atoms with Crippen molar-refractivity contribution in [2.75, 3.05) is 17.7 Å². The second-order valence-corrected chi connectivity index (χ2v) is 6.47. The predicted molar refractivity (Wildman–Crippen MR) is 101 cm³/mol. The van der Waals surface area contributed by atoms with Gasteiger partial charge in [0.15, 0.2) is 0 Å². The molecule has 1 aromatic carbocycles. The van der Waals surface area contributed by atoms with Crippen LogP contribution in [-0.4, -0.2) is 38.8 Å². The number of rotatable bonds is 9. The highest BCUT2D eigenvalue weighted by atomic mass is 16.4. The lowest BCUT2D eigenvalue weighted by atomic mass is 10.0. The van der Waals surface area contributed by atoms with Crippen LogP contribution in [0, 0.1) is 6.92 Å².